The number of amides is 2. The van der Waals surface area contributed by atoms with Gasteiger partial charge in [0, 0.05) is 23.4 Å². The van der Waals surface area contributed by atoms with E-state index in [1.54, 1.807) is 48.5 Å². The van der Waals surface area contributed by atoms with E-state index in [1.807, 2.05) is 37.3 Å². The molecule has 0 aliphatic rings. The third kappa shape index (κ3) is 8.01. The number of benzene rings is 3. The van der Waals surface area contributed by atoms with Crippen molar-refractivity contribution in [2.75, 3.05) is 10.6 Å². The standard InChI is InChI=1S/C27H29N3O3S/c1-3-19(2)33-24-15-13-21(14-16-24)26(32)30-27(34)29-23-11-7-10-22(18-23)28-25(31)17-12-20-8-5-4-6-9-20/h4-11,13-16,18-19H,3,12,17H2,1-2H3,(H,28,31)(H2,29,30,32,34). The largest absolute Gasteiger partial charge is 0.491 e. The average Bonchev–Trinajstić information content (AvgIpc) is 2.84. The summed E-state index contributed by atoms with van der Waals surface area (Å²) in [5, 5.41) is 8.71. The zero-order valence-electron chi connectivity index (χ0n) is 19.3. The lowest BCUT2D eigenvalue weighted by Crippen LogP contribution is -2.34. The van der Waals surface area contributed by atoms with E-state index in [0.717, 1.165) is 12.0 Å². The van der Waals surface area contributed by atoms with Crippen LogP contribution in [-0.4, -0.2) is 23.0 Å². The fourth-order valence-corrected chi connectivity index (χ4v) is 3.35. The van der Waals surface area contributed by atoms with E-state index in [0.29, 0.717) is 35.5 Å². The van der Waals surface area contributed by atoms with Crippen LogP contribution in [0.4, 0.5) is 11.4 Å². The highest BCUT2D eigenvalue weighted by atomic mass is 32.1. The minimum absolute atomic E-state index is 0.0716. The molecule has 176 valence electrons. The van der Waals surface area contributed by atoms with Gasteiger partial charge in [0.15, 0.2) is 5.11 Å². The number of nitrogens with one attached hydrogen (secondary N) is 3. The lowest BCUT2D eigenvalue weighted by Gasteiger charge is -2.13. The molecule has 0 saturated heterocycles. The highest BCUT2D eigenvalue weighted by Crippen LogP contribution is 2.17. The SMILES string of the molecule is CCC(C)Oc1ccc(C(=O)NC(=S)Nc2cccc(NC(=O)CCc3ccccc3)c2)cc1. The van der Waals surface area contributed by atoms with Gasteiger partial charge in [-0.2, -0.15) is 0 Å². The Bertz CT molecular complexity index is 1120. The van der Waals surface area contributed by atoms with Crippen LogP contribution in [0.1, 0.15) is 42.6 Å². The third-order valence-electron chi connectivity index (χ3n) is 5.14. The molecule has 34 heavy (non-hydrogen) atoms. The average molecular weight is 476 g/mol. The zero-order chi connectivity index (χ0) is 24.3. The summed E-state index contributed by atoms with van der Waals surface area (Å²) in [6.45, 7) is 4.05. The van der Waals surface area contributed by atoms with Gasteiger partial charge in [-0.25, -0.2) is 0 Å². The zero-order valence-corrected chi connectivity index (χ0v) is 20.2. The molecule has 0 aromatic heterocycles. The summed E-state index contributed by atoms with van der Waals surface area (Å²) < 4.78 is 5.73. The molecule has 0 bridgehead atoms. The Hall–Kier alpha value is -3.71. The highest BCUT2D eigenvalue weighted by Gasteiger charge is 2.10. The molecular formula is C27H29N3O3S. The monoisotopic (exact) mass is 475 g/mol. The molecule has 1 atom stereocenters. The summed E-state index contributed by atoms with van der Waals surface area (Å²) in [6.07, 6.45) is 2.07. The van der Waals surface area contributed by atoms with Crippen molar-refractivity contribution in [1.82, 2.24) is 5.32 Å². The summed E-state index contributed by atoms with van der Waals surface area (Å²) in [5.41, 5.74) is 2.89. The van der Waals surface area contributed by atoms with Crippen molar-refractivity contribution < 1.29 is 14.3 Å². The lowest BCUT2D eigenvalue weighted by atomic mass is 10.1. The van der Waals surface area contributed by atoms with Crippen LogP contribution in [-0.2, 0) is 11.2 Å². The minimum atomic E-state index is -0.321. The van der Waals surface area contributed by atoms with Crippen molar-refractivity contribution >= 4 is 40.5 Å². The number of thiocarbonyl (C=S) groups is 1. The Balaban J connectivity index is 1.49. The van der Waals surface area contributed by atoms with E-state index < -0.39 is 0 Å². The summed E-state index contributed by atoms with van der Waals surface area (Å²) in [7, 11) is 0. The topological polar surface area (TPSA) is 79.5 Å². The van der Waals surface area contributed by atoms with Crippen molar-refractivity contribution in [2.24, 2.45) is 0 Å². The molecule has 1 unspecified atom stereocenters. The molecule has 2 amide bonds. The first kappa shape index (κ1) is 24.9. The van der Waals surface area contributed by atoms with Gasteiger partial charge in [-0.05, 0) is 80.0 Å². The molecule has 3 N–H and O–H groups in total. The first-order valence-electron chi connectivity index (χ1n) is 11.3. The molecule has 0 fully saturated rings. The summed E-state index contributed by atoms with van der Waals surface area (Å²) in [4.78, 5) is 24.8. The summed E-state index contributed by atoms with van der Waals surface area (Å²) in [6, 6.07) is 24.0. The van der Waals surface area contributed by atoms with Crippen LogP contribution in [0.3, 0.4) is 0 Å². The van der Waals surface area contributed by atoms with Gasteiger partial charge in [0.2, 0.25) is 5.91 Å². The number of hydrogen-bond acceptors (Lipinski definition) is 4. The van der Waals surface area contributed by atoms with E-state index in [2.05, 4.69) is 22.9 Å². The van der Waals surface area contributed by atoms with Gasteiger partial charge in [0.1, 0.15) is 5.75 Å². The smallest absolute Gasteiger partial charge is 0.257 e. The fourth-order valence-electron chi connectivity index (χ4n) is 3.14. The van der Waals surface area contributed by atoms with Gasteiger partial charge in [-0.3, -0.25) is 14.9 Å². The fraction of sp³-hybridized carbons (Fsp3) is 0.222. The first-order valence-corrected chi connectivity index (χ1v) is 11.7. The second kappa shape index (κ2) is 12.5. The molecule has 3 aromatic carbocycles. The third-order valence-corrected chi connectivity index (χ3v) is 5.35. The Morgan fingerprint density at radius 1 is 0.912 bits per heavy atom. The van der Waals surface area contributed by atoms with Gasteiger partial charge in [-0.1, -0.05) is 43.3 Å². The van der Waals surface area contributed by atoms with Gasteiger partial charge in [0.25, 0.3) is 5.91 Å². The molecule has 0 saturated carbocycles. The second-order valence-electron chi connectivity index (χ2n) is 7.88. The van der Waals surface area contributed by atoms with E-state index >= 15 is 0 Å². The molecule has 0 heterocycles. The number of anilines is 2. The second-order valence-corrected chi connectivity index (χ2v) is 8.29. The van der Waals surface area contributed by atoms with Crippen molar-refractivity contribution in [3.05, 3.63) is 90.0 Å². The number of ether oxygens (including phenoxy) is 1. The van der Waals surface area contributed by atoms with Crippen molar-refractivity contribution in [2.45, 2.75) is 39.2 Å². The maximum Gasteiger partial charge on any atom is 0.257 e. The van der Waals surface area contributed by atoms with Crippen LogP contribution in [0.5, 0.6) is 5.75 Å². The number of rotatable bonds is 9. The molecule has 3 rings (SSSR count). The van der Waals surface area contributed by atoms with Crippen LogP contribution < -0.4 is 20.7 Å². The number of carbonyl (C=O) groups is 2. The Labute approximate surface area is 205 Å². The van der Waals surface area contributed by atoms with E-state index in [-0.39, 0.29) is 23.0 Å². The molecule has 7 heteroatoms. The molecule has 3 aromatic rings. The maximum atomic E-state index is 12.5. The van der Waals surface area contributed by atoms with Crippen molar-refractivity contribution in [3.8, 4) is 5.75 Å². The van der Waals surface area contributed by atoms with E-state index in [4.69, 9.17) is 17.0 Å². The van der Waals surface area contributed by atoms with Crippen LogP contribution in [0.15, 0.2) is 78.9 Å². The van der Waals surface area contributed by atoms with Crippen molar-refractivity contribution in [3.63, 3.8) is 0 Å². The quantitative estimate of drug-likeness (QED) is 0.353. The number of hydrogen-bond donors (Lipinski definition) is 3. The van der Waals surface area contributed by atoms with Gasteiger partial charge in [-0.15, -0.1) is 0 Å². The first-order chi connectivity index (χ1) is 16.4. The van der Waals surface area contributed by atoms with Crippen LogP contribution >= 0.6 is 12.2 Å². The highest BCUT2D eigenvalue weighted by molar-refractivity contribution is 7.80. The minimum Gasteiger partial charge on any atom is -0.491 e. The van der Waals surface area contributed by atoms with Crippen LogP contribution in [0, 0.1) is 0 Å². The molecule has 6 nitrogen and oxygen atoms in total. The maximum absolute atomic E-state index is 12.5. The van der Waals surface area contributed by atoms with E-state index in [1.165, 1.54) is 0 Å². The van der Waals surface area contributed by atoms with Gasteiger partial charge >= 0.3 is 0 Å². The van der Waals surface area contributed by atoms with Crippen LogP contribution in [0.25, 0.3) is 0 Å². The molecule has 0 aliphatic heterocycles. The van der Waals surface area contributed by atoms with E-state index in [9.17, 15) is 9.59 Å². The number of aryl methyl sites for hydroxylation is 1. The Morgan fingerprint density at radius 3 is 2.26 bits per heavy atom. The molecule has 0 spiro atoms. The predicted molar refractivity (Wildman–Crippen MR) is 140 cm³/mol. The van der Waals surface area contributed by atoms with Gasteiger partial charge < -0.3 is 15.4 Å². The summed E-state index contributed by atoms with van der Waals surface area (Å²) in [5.74, 6) is 0.324. The van der Waals surface area contributed by atoms with Crippen molar-refractivity contribution in [1.29, 1.82) is 0 Å². The predicted octanol–water partition coefficient (Wildman–Crippen LogP) is 5.56. The van der Waals surface area contributed by atoms with Crippen LogP contribution in [0.2, 0.25) is 0 Å². The molecule has 0 aliphatic carbocycles. The number of carbonyl (C=O) groups excluding carboxylic acids is 2. The Morgan fingerprint density at radius 2 is 1.59 bits per heavy atom. The summed E-state index contributed by atoms with van der Waals surface area (Å²) >= 11 is 5.28. The van der Waals surface area contributed by atoms with Gasteiger partial charge in [0.05, 0.1) is 6.10 Å². The normalized spacial score (nSPS) is 11.2. The lowest BCUT2D eigenvalue weighted by molar-refractivity contribution is -0.116. The Kier molecular flexibility index (Phi) is 9.17. The molecular weight excluding hydrogens is 446 g/mol. The molecule has 0 radical (unpaired) electrons.